The zero-order valence-corrected chi connectivity index (χ0v) is 16.7. The quantitative estimate of drug-likeness (QED) is 0.582. The van der Waals surface area contributed by atoms with Gasteiger partial charge in [0, 0.05) is 32.4 Å². The van der Waals surface area contributed by atoms with Crippen LogP contribution in [0.3, 0.4) is 0 Å². The molecule has 0 aliphatic rings. The third-order valence-electron chi connectivity index (χ3n) is 4.49. The highest BCUT2D eigenvalue weighted by atomic mass is 19.4. The molecule has 1 aromatic heterocycles. The second-order valence-corrected chi connectivity index (χ2v) is 6.87. The van der Waals surface area contributed by atoms with Gasteiger partial charge >= 0.3 is 6.18 Å². The summed E-state index contributed by atoms with van der Waals surface area (Å²) in [6, 6.07) is 5.03. The number of benzene rings is 1. The standard InChI is InChI=1S/C19H27F3N6/c1-13(14-7-6-8-16(9-14)19(20,21)22)26-18(23-2)24-11-17(27(3)4)15-10-25-28(5)12-15/h6-10,12-13,17H,11H2,1-5H3,(H2,23,24,26). The molecule has 0 spiro atoms. The summed E-state index contributed by atoms with van der Waals surface area (Å²) in [6.45, 7) is 2.36. The maximum atomic E-state index is 12.9. The van der Waals surface area contributed by atoms with Crippen LogP contribution in [0.5, 0.6) is 0 Å². The van der Waals surface area contributed by atoms with Crippen LogP contribution >= 0.6 is 0 Å². The zero-order valence-electron chi connectivity index (χ0n) is 16.7. The van der Waals surface area contributed by atoms with E-state index in [1.807, 2.05) is 33.5 Å². The SMILES string of the molecule is CN=C(NCC(c1cnn(C)c1)N(C)C)NC(C)c1cccc(C(F)(F)F)c1. The van der Waals surface area contributed by atoms with Crippen LogP contribution in [-0.2, 0) is 13.2 Å². The van der Waals surface area contributed by atoms with Crippen molar-refractivity contribution in [1.29, 1.82) is 0 Å². The summed E-state index contributed by atoms with van der Waals surface area (Å²) in [5, 5.41) is 10.6. The Morgan fingerprint density at radius 3 is 2.54 bits per heavy atom. The number of nitrogens with zero attached hydrogens (tertiary/aromatic N) is 4. The molecule has 2 unspecified atom stereocenters. The van der Waals surface area contributed by atoms with Gasteiger partial charge in [-0.3, -0.25) is 9.67 Å². The number of aliphatic imine (C=N–C) groups is 1. The van der Waals surface area contributed by atoms with E-state index in [0.717, 1.165) is 17.7 Å². The number of hydrogen-bond acceptors (Lipinski definition) is 3. The van der Waals surface area contributed by atoms with Crippen molar-refractivity contribution in [3.05, 3.63) is 53.3 Å². The first-order valence-corrected chi connectivity index (χ1v) is 8.91. The Labute approximate surface area is 163 Å². The van der Waals surface area contributed by atoms with Crippen LogP contribution in [0.2, 0.25) is 0 Å². The summed E-state index contributed by atoms with van der Waals surface area (Å²) < 4.78 is 40.6. The summed E-state index contributed by atoms with van der Waals surface area (Å²) in [7, 11) is 7.44. The summed E-state index contributed by atoms with van der Waals surface area (Å²) in [5.41, 5.74) is 0.932. The van der Waals surface area contributed by atoms with E-state index in [0.29, 0.717) is 18.1 Å². The third kappa shape index (κ3) is 5.72. The Kier molecular flexibility index (Phi) is 7.06. The fraction of sp³-hybridized carbons (Fsp3) is 0.474. The molecular weight excluding hydrogens is 369 g/mol. The average molecular weight is 396 g/mol. The van der Waals surface area contributed by atoms with E-state index in [4.69, 9.17) is 0 Å². The Balaban J connectivity index is 2.04. The van der Waals surface area contributed by atoms with Gasteiger partial charge < -0.3 is 15.5 Å². The van der Waals surface area contributed by atoms with E-state index in [2.05, 4.69) is 25.6 Å². The highest BCUT2D eigenvalue weighted by molar-refractivity contribution is 5.80. The Hall–Kier alpha value is -2.55. The minimum Gasteiger partial charge on any atom is -0.354 e. The normalized spacial score (nSPS) is 14.8. The predicted octanol–water partition coefficient (Wildman–Crippen LogP) is 2.97. The van der Waals surface area contributed by atoms with E-state index < -0.39 is 11.7 Å². The number of aromatic nitrogens is 2. The lowest BCUT2D eigenvalue weighted by Gasteiger charge is -2.25. The van der Waals surface area contributed by atoms with Crippen LogP contribution in [0, 0.1) is 0 Å². The molecule has 2 aromatic rings. The van der Waals surface area contributed by atoms with Gasteiger partial charge in [0.15, 0.2) is 5.96 Å². The minimum atomic E-state index is -4.36. The molecule has 0 aliphatic carbocycles. The van der Waals surface area contributed by atoms with Crippen LogP contribution in [0.15, 0.2) is 41.7 Å². The lowest BCUT2D eigenvalue weighted by atomic mass is 10.1. The van der Waals surface area contributed by atoms with E-state index in [1.54, 1.807) is 24.7 Å². The number of rotatable bonds is 6. The summed E-state index contributed by atoms with van der Waals surface area (Å²) in [4.78, 5) is 6.25. The predicted molar refractivity (Wildman–Crippen MR) is 104 cm³/mol. The third-order valence-corrected chi connectivity index (χ3v) is 4.49. The molecule has 0 aliphatic heterocycles. The summed E-state index contributed by atoms with van der Waals surface area (Å²) >= 11 is 0. The first kappa shape index (κ1) is 21.7. The first-order chi connectivity index (χ1) is 13.1. The molecule has 154 valence electrons. The fourth-order valence-electron chi connectivity index (χ4n) is 2.87. The van der Waals surface area contributed by atoms with Crippen molar-refractivity contribution in [3.8, 4) is 0 Å². The number of alkyl halides is 3. The first-order valence-electron chi connectivity index (χ1n) is 8.91. The van der Waals surface area contributed by atoms with Gasteiger partial charge in [-0.1, -0.05) is 12.1 Å². The number of hydrogen-bond donors (Lipinski definition) is 2. The molecule has 9 heteroatoms. The summed E-state index contributed by atoms with van der Waals surface area (Å²) in [5.74, 6) is 0.514. The molecule has 0 fully saturated rings. The van der Waals surface area contributed by atoms with Crippen LogP contribution in [0.4, 0.5) is 13.2 Å². The van der Waals surface area contributed by atoms with Crippen molar-refractivity contribution in [2.75, 3.05) is 27.7 Å². The topological polar surface area (TPSA) is 57.5 Å². The fourth-order valence-corrected chi connectivity index (χ4v) is 2.87. The molecule has 0 saturated heterocycles. The number of likely N-dealkylation sites (N-methyl/N-ethyl adjacent to an activating group) is 1. The van der Waals surface area contributed by atoms with Crippen LogP contribution in [-0.4, -0.2) is 48.3 Å². The molecule has 28 heavy (non-hydrogen) atoms. The highest BCUT2D eigenvalue weighted by Gasteiger charge is 2.30. The average Bonchev–Trinajstić information content (AvgIpc) is 3.05. The van der Waals surface area contributed by atoms with Crippen molar-refractivity contribution >= 4 is 5.96 Å². The summed E-state index contributed by atoms with van der Waals surface area (Å²) in [6.07, 6.45) is -0.597. The van der Waals surface area contributed by atoms with Gasteiger partial charge in [0.25, 0.3) is 0 Å². The van der Waals surface area contributed by atoms with Crippen LogP contribution in [0.1, 0.15) is 35.7 Å². The van der Waals surface area contributed by atoms with Crippen molar-refractivity contribution in [2.24, 2.45) is 12.0 Å². The van der Waals surface area contributed by atoms with Gasteiger partial charge in [0.2, 0.25) is 0 Å². The number of nitrogens with one attached hydrogen (secondary N) is 2. The van der Waals surface area contributed by atoms with Crippen LogP contribution in [0.25, 0.3) is 0 Å². The molecule has 2 atom stereocenters. The Morgan fingerprint density at radius 1 is 1.29 bits per heavy atom. The zero-order chi connectivity index (χ0) is 20.9. The van der Waals surface area contributed by atoms with E-state index in [1.165, 1.54) is 6.07 Å². The molecule has 2 rings (SSSR count). The van der Waals surface area contributed by atoms with Crippen molar-refractivity contribution in [1.82, 2.24) is 25.3 Å². The van der Waals surface area contributed by atoms with Gasteiger partial charge in [-0.2, -0.15) is 18.3 Å². The second kappa shape index (κ2) is 9.09. The van der Waals surface area contributed by atoms with Crippen molar-refractivity contribution < 1.29 is 13.2 Å². The Bertz CT molecular complexity index is 797. The molecule has 0 radical (unpaired) electrons. The molecule has 0 amide bonds. The number of guanidine groups is 1. The lowest BCUT2D eigenvalue weighted by Crippen LogP contribution is -2.42. The lowest BCUT2D eigenvalue weighted by molar-refractivity contribution is -0.137. The van der Waals surface area contributed by atoms with E-state index in [9.17, 15) is 13.2 Å². The monoisotopic (exact) mass is 396 g/mol. The molecule has 0 saturated carbocycles. The van der Waals surface area contributed by atoms with Crippen LogP contribution < -0.4 is 10.6 Å². The largest absolute Gasteiger partial charge is 0.416 e. The molecule has 6 nitrogen and oxygen atoms in total. The maximum Gasteiger partial charge on any atom is 0.416 e. The molecule has 2 N–H and O–H groups in total. The molecule has 1 aromatic carbocycles. The molecular formula is C19H27F3N6. The smallest absolute Gasteiger partial charge is 0.354 e. The van der Waals surface area contributed by atoms with Gasteiger partial charge in [0.05, 0.1) is 23.8 Å². The van der Waals surface area contributed by atoms with E-state index >= 15 is 0 Å². The Morgan fingerprint density at radius 2 is 2.00 bits per heavy atom. The van der Waals surface area contributed by atoms with Gasteiger partial charge in [-0.15, -0.1) is 0 Å². The minimum absolute atomic E-state index is 0.0658. The highest BCUT2D eigenvalue weighted by Crippen LogP contribution is 2.30. The number of halogens is 3. The van der Waals surface area contributed by atoms with Gasteiger partial charge in [-0.25, -0.2) is 0 Å². The van der Waals surface area contributed by atoms with Gasteiger partial charge in [-0.05, 0) is 38.7 Å². The maximum absolute atomic E-state index is 12.9. The molecule has 0 bridgehead atoms. The van der Waals surface area contributed by atoms with E-state index in [-0.39, 0.29) is 12.1 Å². The number of aryl methyl sites for hydroxylation is 1. The molecule has 1 heterocycles. The second-order valence-electron chi connectivity index (χ2n) is 6.87. The van der Waals surface area contributed by atoms with Gasteiger partial charge in [0.1, 0.15) is 0 Å². The van der Waals surface area contributed by atoms with Crippen molar-refractivity contribution in [2.45, 2.75) is 25.2 Å². The van der Waals surface area contributed by atoms with Crippen molar-refractivity contribution in [3.63, 3.8) is 0 Å².